The maximum atomic E-state index is 12.6. The summed E-state index contributed by atoms with van der Waals surface area (Å²) in [6.07, 6.45) is 3.20. The van der Waals surface area contributed by atoms with Gasteiger partial charge in [0.15, 0.2) is 0 Å². The van der Waals surface area contributed by atoms with Crippen LogP contribution in [0.5, 0.6) is 11.5 Å². The second-order valence-electron chi connectivity index (χ2n) is 7.02. The molecule has 32 heavy (non-hydrogen) atoms. The van der Waals surface area contributed by atoms with Crippen LogP contribution in [0.2, 0.25) is 0 Å². The standard InChI is InChI=1S/C24H22N4O3S/c1-16-6-8-17(9-7-16)15-31-21-10-11-32-23(21)24(29)28-26-14-19-13-25-27-22(19)18-4-3-5-20(12-18)30-2/h3-14H,15H2,1-2H3,(H,25,27)(H,28,29)/b26-14-. The van der Waals surface area contributed by atoms with Crippen molar-refractivity contribution in [1.29, 1.82) is 0 Å². The molecule has 0 aliphatic heterocycles. The van der Waals surface area contributed by atoms with Crippen molar-refractivity contribution in [1.82, 2.24) is 15.6 Å². The maximum Gasteiger partial charge on any atom is 0.285 e. The molecule has 2 aromatic carbocycles. The van der Waals surface area contributed by atoms with Crippen LogP contribution in [0.4, 0.5) is 0 Å². The number of aromatic amines is 1. The Balaban J connectivity index is 1.40. The number of H-pyrrole nitrogens is 1. The Morgan fingerprint density at radius 2 is 2.06 bits per heavy atom. The minimum atomic E-state index is -0.332. The lowest BCUT2D eigenvalue weighted by atomic mass is 10.1. The van der Waals surface area contributed by atoms with Crippen LogP contribution >= 0.6 is 11.3 Å². The van der Waals surface area contributed by atoms with Gasteiger partial charge < -0.3 is 9.47 Å². The molecule has 162 valence electrons. The topological polar surface area (TPSA) is 88.6 Å². The molecule has 0 aliphatic carbocycles. The summed E-state index contributed by atoms with van der Waals surface area (Å²) in [5, 5.41) is 13.0. The molecule has 0 atom stereocenters. The van der Waals surface area contributed by atoms with E-state index in [1.807, 2.05) is 60.8 Å². The van der Waals surface area contributed by atoms with Crippen LogP contribution in [-0.4, -0.2) is 29.4 Å². The highest BCUT2D eigenvalue weighted by Crippen LogP contribution is 2.26. The summed E-state index contributed by atoms with van der Waals surface area (Å²) in [5.74, 6) is 0.939. The average Bonchev–Trinajstić information content (AvgIpc) is 3.48. The highest BCUT2D eigenvalue weighted by molar-refractivity contribution is 7.12. The smallest absolute Gasteiger partial charge is 0.285 e. The van der Waals surface area contributed by atoms with Gasteiger partial charge in [-0.05, 0) is 36.1 Å². The number of carbonyl (C=O) groups excluding carboxylic acids is 1. The van der Waals surface area contributed by atoms with Crippen LogP contribution in [0.25, 0.3) is 11.3 Å². The monoisotopic (exact) mass is 446 g/mol. The molecule has 0 bridgehead atoms. The largest absolute Gasteiger partial charge is 0.497 e. The number of nitrogens with zero attached hydrogens (tertiary/aromatic N) is 2. The van der Waals surface area contributed by atoms with Crippen molar-refractivity contribution in [3.8, 4) is 22.8 Å². The molecule has 0 radical (unpaired) electrons. The quantitative estimate of drug-likeness (QED) is 0.301. The number of hydrazone groups is 1. The highest BCUT2D eigenvalue weighted by atomic mass is 32.1. The summed E-state index contributed by atoms with van der Waals surface area (Å²) in [5.41, 5.74) is 7.21. The van der Waals surface area contributed by atoms with E-state index in [-0.39, 0.29) is 5.91 Å². The van der Waals surface area contributed by atoms with Gasteiger partial charge in [0.2, 0.25) is 0 Å². The van der Waals surface area contributed by atoms with E-state index in [0.717, 1.165) is 28.1 Å². The van der Waals surface area contributed by atoms with Gasteiger partial charge in [-0.25, -0.2) is 5.43 Å². The number of ether oxygens (including phenoxy) is 2. The van der Waals surface area contributed by atoms with Gasteiger partial charge in [0.25, 0.3) is 5.91 Å². The summed E-state index contributed by atoms with van der Waals surface area (Å²) in [7, 11) is 1.62. The maximum absolute atomic E-state index is 12.6. The lowest BCUT2D eigenvalue weighted by molar-refractivity contribution is 0.0955. The van der Waals surface area contributed by atoms with Crippen molar-refractivity contribution in [2.45, 2.75) is 13.5 Å². The Bertz CT molecular complexity index is 1230. The number of amides is 1. The van der Waals surface area contributed by atoms with Crippen molar-refractivity contribution in [3.05, 3.63) is 87.7 Å². The van der Waals surface area contributed by atoms with E-state index in [1.165, 1.54) is 16.9 Å². The minimum Gasteiger partial charge on any atom is -0.497 e. The first-order chi connectivity index (χ1) is 15.6. The minimum absolute atomic E-state index is 0.332. The number of methoxy groups -OCH3 is 1. The molecule has 0 unspecified atom stereocenters. The van der Waals surface area contributed by atoms with Gasteiger partial charge in [-0.1, -0.05) is 42.0 Å². The zero-order valence-electron chi connectivity index (χ0n) is 17.7. The highest BCUT2D eigenvalue weighted by Gasteiger charge is 2.14. The third kappa shape index (κ3) is 5.04. The van der Waals surface area contributed by atoms with E-state index in [2.05, 4.69) is 20.7 Å². The lowest BCUT2D eigenvalue weighted by Crippen LogP contribution is -2.17. The molecule has 0 saturated carbocycles. The molecule has 0 aliphatic rings. The van der Waals surface area contributed by atoms with Gasteiger partial charge in [-0.2, -0.15) is 10.2 Å². The molecular weight excluding hydrogens is 424 g/mol. The predicted octanol–water partition coefficient (Wildman–Crippen LogP) is 4.80. The van der Waals surface area contributed by atoms with E-state index < -0.39 is 0 Å². The first-order valence-corrected chi connectivity index (χ1v) is 10.8. The van der Waals surface area contributed by atoms with Gasteiger partial charge in [-0.3, -0.25) is 9.89 Å². The summed E-state index contributed by atoms with van der Waals surface area (Å²) in [6.45, 7) is 2.43. The Labute approximate surface area is 189 Å². The number of hydrogen-bond donors (Lipinski definition) is 2. The second-order valence-corrected chi connectivity index (χ2v) is 7.94. The predicted molar refractivity (Wildman–Crippen MR) is 125 cm³/mol. The summed E-state index contributed by atoms with van der Waals surface area (Å²) in [6, 6.07) is 17.5. The Kier molecular flexibility index (Phi) is 6.62. The first-order valence-electron chi connectivity index (χ1n) is 9.91. The zero-order chi connectivity index (χ0) is 22.3. The van der Waals surface area contributed by atoms with E-state index >= 15 is 0 Å². The third-order valence-electron chi connectivity index (χ3n) is 4.75. The van der Waals surface area contributed by atoms with E-state index in [9.17, 15) is 4.79 Å². The number of benzene rings is 2. The first kappa shape index (κ1) is 21.3. The second kappa shape index (κ2) is 9.93. The fourth-order valence-corrected chi connectivity index (χ4v) is 3.76. The van der Waals surface area contributed by atoms with Crippen LogP contribution in [0, 0.1) is 6.92 Å². The van der Waals surface area contributed by atoms with Gasteiger partial charge in [-0.15, -0.1) is 11.3 Å². The lowest BCUT2D eigenvalue weighted by Gasteiger charge is -2.07. The molecule has 2 N–H and O–H groups in total. The van der Waals surface area contributed by atoms with Crippen LogP contribution in [0.1, 0.15) is 26.4 Å². The molecule has 1 amide bonds. The molecule has 4 aromatic rings. The van der Waals surface area contributed by atoms with Gasteiger partial charge in [0, 0.05) is 11.1 Å². The number of hydrogen-bond acceptors (Lipinski definition) is 6. The molecule has 4 rings (SSSR count). The van der Waals surface area contributed by atoms with Gasteiger partial charge in [0.05, 0.1) is 25.2 Å². The Morgan fingerprint density at radius 3 is 2.88 bits per heavy atom. The number of rotatable bonds is 8. The fourth-order valence-electron chi connectivity index (χ4n) is 3.04. The molecule has 0 saturated heterocycles. The van der Waals surface area contributed by atoms with Gasteiger partial charge in [0.1, 0.15) is 23.0 Å². The summed E-state index contributed by atoms with van der Waals surface area (Å²) >= 11 is 1.30. The number of thiophene rings is 1. The molecule has 0 spiro atoms. The van der Waals surface area contributed by atoms with Crippen LogP contribution in [0.3, 0.4) is 0 Å². The molecule has 8 heteroatoms. The molecule has 2 aromatic heterocycles. The van der Waals surface area contributed by atoms with Crippen molar-refractivity contribution in [2.24, 2.45) is 5.10 Å². The molecule has 0 fully saturated rings. The third-order valence-corrected chi connectivity index (χ3v) is 5.64. The van der Waals surface area contributed by atoms with Crippen LogP contribution < -0.4 is 14.9 Å². The van der Waals surface area contributed by atoms with Crippen LogP contribution in [-0.2, 0) is 6.61 Å². The Hall–Kier alpha value is -3.91. The van der Waals surface area contributed by atoms with E-state index in [4.69, 9.17) is 9.47 Å². The van der Waals surface area contributed by atoms with Crippen molar-refractivity contribution in [3.63, 3.8) is 0 Å². The van der Waals surface area contributed by atoms with E-state index in [0.29, 0.717) is 17.2 Å². The molecule has 2 heterocycles. The normalized spacial score (nSPS) is 10.9. The average molecular weight is 447 g/mol. The molecule has 7 nitrogen and oxygen atoms in total. The number of carbonyl (C=O) groups is 1. The SMILES string of the molecule is COc1cccc(-c2[nH]ncc2/C=N\NC(=O)c2sccc2OCc2ccc(C)cc2)c1. The van der Waals surface area contributed by atoms with Crippen molar-refractivity contribution >= 4 is 23.5 Å². The number of nitrogens with one attached hydrogen (secondary N) is 2. The number of aromatic nitrogens is 2. The van der Waals surface area contributed by atoms with E-state index in [1.54, 1.807) is 25.6 Å². The van der Waals surface area contributed by atoms with Gasteiger partial charge >= 0.3 is 0 Å². The summed E-state index contributed by atoms with van der Waals surface area (Å²) < 4.78 is 11.1. The van der Waals surface area contributed by atoms with Crippen molar-refractivity contribution in [2.75, 3.05) is 7.11 Å². The molecular formula is C24H22N4O3S. The number of aryl methyl sites for hydroxylation is 1. The summed E-state index contributed by atoms with van der Waals surface area (Å²) in [4.78, 5) is 13.1. The van der Waals surface area contributed by atoms with Crippen LogP contribution in [0.15, 0.2) is 71.3 Å². The Morgan fingerprint density at radius 1 is 1.22 bits per heavy atom. The fraction of sp³-hybridized carbons (Fsp3) is 0.125. The zero-order valence-corrected chi connectivity index (χ0v) is 18.5. The van der Waals surface area contributed by atoms with Crippen molar-refractivity contribution < 1.29 is 14.3 Å².